The first-order valence-corrected chi connectivity index (χ1v) is 10.6. The van der Waals surface area contributed by atoms with Gasteiger partial charge in [-0.05, 0) is 72.8 Å². The summed E-state index contributed by atoms with van der Waals surface area (Å²) in [5.41, 5.74) is 0.629. The Bertz CT molecular complexity index is 1000. The molecule has 2 amide bonds. The third-order valence-corrected chi connectivity index (χ3v) is 5.83. The van der Waals surface area contributed by atoms with Crippen LogP contribution in [0.2, 0.25) is 0 Å². The summed E-state index contributed by atoms with van der Waals surface area (Å²) in [4.78, 5) is 28.1. The van der Waals surface area contributed by atoms with Crippen LogP contribution < -0.4 is 10.1 Å². The van der Waals surface area contributed by atoms with E-state index in [1.165, 1.54) is 12.1 Å². The molecule has 0 spiro atoms. The molecule has 1 fully saturated rings. The van der Waals surface area contributed by atoms with Crippen LogP contribution in [-0.2, 0) is 16.0 Å². The van der Waals surface area contributed by atoms with Crippen molar-refractivity contribution >= 4 is 28.8 Å². The standard InChI is InChI=1S/C23H21FN2O3S/c24-16-5-9-18(10-6-16)29-19-11-7-17(8-12-19)25-23(28)21-4-1-13-26(21)22(27)15-20-3-2-14-30-20/h2-3,5-12,14,21H,1,4,13,15H2,(H,25,28). The zero-order valence-electron chi connectivity index (χ0n) is 16.2. The largest absolute Gasteiger partial charge is 0.457 e. The summed E-state index contributed by atoms with van der Waals surface area (Å²) in [6.45, 7) is 0.604. The molecule has 3 aromatic rings. The highest BCUT2D eigenvalue weighted by Crippen LogP contribution is 2.25. The minimum absolute atomic E-state index is 0.0156. The van der Waals surface area contributed by atoms with Crippen LogP contribution in [0.5, 0.6) is 11.5 Å². The molecular formula is C23H21FN2O3S. The van der Waals surface area contributed by atoms with Crippen molar-refractivity contribution < 1.29 is 18.7 Å². The lowest BCUT2D eigenvalue weighted by Crippen LogP contribution is -2.43. The van der Waals surface area contributed by atoms with Crippen molar-refractivity contribution in [3.63, 3.8) is 0 Å². The summed E-state index contributed by atoms with van der Waals surface area (Å²) in [6, 6.07) is 16.1. The average Bonchev–Trinajstić information content (AvgIpc) is 3.43. The van der Waals surface area contributed by atoms with E-state index in [0.29, 0.717) is 36.6 Å². The van der Waals surface area contributed by atoms with Crippen LogP contribution in [0.25, 0.3) is 0 Å². The zero-order valence-corrected chi connectivity index (χ0v) is 17.0. The third-order valence-electron chi connectivity index (χ3n) is 4.95. The van der Waals surface area contributed by atoms with Crippen molar-refractivity contribution in [1.29, 1.82) is 0 Å². The van der Waals surface area contributed by atoms with Crippen LogP contribution in [0.3, 0.4) is 0 Å². The van der Waals surface area contributed by atoms with Gasteiger partial charge in [0.25, 0.3) is 0 Å². The number of benzene rings is 2. The lowest BCUT2D eigenvalue weighted by molar-refractivity contribution is -0.136. The molecule has 0 bridgehead atoms. The number of ether oxygens (including phenoxy) is 1. The van der Waals surface area contributed by atoms with Crippen LogP contribution >= 0.6 is 11.3 Å². The van der Waals surface area contributed by atoms with E-state index in [4.69, 9.17) is 4.74 Å². The first-order chi connectivity index (χ1) is 14.6. The Hall–Kier alpha value is -3.19. The molecule has 0 saturated carbocycles. The second-order valence-corrected chi connectivity index (χ2v) is 8.10. The second-order valence-electron chi connectivity index (χ2n) is 7.07. The van der Waals surface area contributed by atoms with E-state index in [0.717, 1.165) is 11.3 Å². The van der Waals surface area contributed by atoms with Crippen LogP contribution in [-0.4, -0.2) is 29.3 Å². The van der Waals surface area contributed by atoms with E-state index in [9.17, 15) is 14.0 Å². The fourth-order valence-corrected chi connectivity index (χ4v) is 4.17. The molecular weight excluding hydrogens is 403 g/mol. The third kappa shape index (κ3) is 4.86. The molecule has 0 aliphatic carbocycles. The Balaban J connectivity index is 1.35. The van der Waals surface area contributed by atoms with Crippen LogP contribution in [0.1, 0.15) is 17.7 Å². The number of likely N-dealkylation sites (tertiary alicyclic amines) is 1. The maximum absolute atomic E-state index is 13.0. The summed E-state index contributed by atoms with van der Waals surface area (Å²) < 4.78 is 18.6. The van der Waals surface area contributed by atoms with Crippen molar-refractivity contribution in [2.45, 2.75) is 25.3 Å². The van der Waals surface area contributed by atoms with E-state index in [1.54, 1.807) is 52.6 Å². The Morgan fingerprint density at radius 2 is 1.77 bits per heavy atom. The predicted molar refractivity (Wildman–Crippen MR) is 114 cm³/mol. The quantitative estimate of drug-likeness (QED) is 0.615. The summed E-state index contributed by atoms with van der Waals surface area (Å²) in [6.07, 6.45) is 1.81. The molecule has 2 heterocycles. The number of rotatable bonds is 6. The summed E-state index contributed by atoms with van der Waals surface area (Å²) in [5, 5.41) is 4.84. The number of anilines is 1. The smallest absolute Gasteiger partial charge is 0.247 e. The molecule has 2 aromatic carbocycles. The molecule has 7 heteroatoms. The van der Waals surface area contributed by atoms with Crippen molar-refractivity contribution in [3.8, 4) is 11.5 Å². The molecule has 30 heavy (non-hydrogen) atoms. The summed E-state index contributed by atoms with van der Waals surface area (Å²) in [7, 11) is 0. The lowest BCUT2D eigenvalue weighted by Gasteiger charge is -2.24. The van der Waals surface area contributed by atoms with Crippen molar-refractivity contribution in [2.24, 2.45) is 0 Å². The van der Waals surface area contributed by atoms with Gasteiger partial charge in [0.2, 0.25) is 11.8 Å². The Kier molecular flexibility index (Phi) is 6.09. The number of carbonyl (C=O) groups is 2. The first kappa shape index (κ1) is 20.1. The molecule has 1 aromatic heterocycles. The van der Waals surface area contributed by atoms with Crippen LogP contribution in [0.4, 0.5) is 10.1 Å². The van der Waals surface area contributed by atoms with E-state index < -0.39 is 6.04 Å². The van der Waals surface area contributed by atoms with Crippen molar-refractivity contribution in [1.82, 2.24) is 4.90 Å². The number of thiophene rings is 1. The van der Waals surface area contributed by atoms with Gasteiger partial charge in [-0.15, -0.1) is 11.3 Å². The van der Waals surface area contributed by atoms with E-state index >= 15 is 0 Å². The minimum Gasteiger partial charge on any atom is -0.457 e. The number of hydrogen-bond acceptors (Lipinski definition) is 4. The lowest BCUT2D eigenvalue weighted by atomic mass is 10.2. The van der Waals surface area contributed by atoms with E-state index in [-0.39, 0.29) is 17.6 Å². The predicted octanol–water partition coefficient (Wildman–Crippen LogP) is 4.85. The van der Waals surface area contributed by atoms with Gasteiger partial charge < -0.3 is 15.0 Å². The first-order valence-electron chi connectivity index (χ1n) is 9.75. The number of hydrogen-bond donors (Lipinski definition) is 1. The highest BCUT2D eigenvalue weighted by Gasteiger charge is 2.34. The fraction of sp³-hybridized carbons (Fsp3) is 0.217. The van der Waals surface area contributed by atoms with Gasteiger partial charge in [0.15, 0.2) is 0 Å². The second kappa shape index (κ2) is 9.09. The average molecular weight is 424 g/mol. The number of nitrogens with one attached hydrogen (secondary N) is 1. The molecule has 1 atom stereocenters. The number of amides is 2. The molecule has 0 radical (unpaired) electrons. The van der Waals surface area contributed by atoms with Gasteiger partial charge in [-0.1, -0.05) is 6.07 Å². The monoisotopic (exact) mass is 424 g/mol. The highest BCUT2D eigenvalue weighted by molar-refractivity contribution is 7.10. The van der Waals surface area contributed by atoms with Crippen molar-refractivity contribution in [3.05, 3.63) is 76.7 Å². The van der Waals surface area contributed by atoms with E-state index in [2.05, 4.69) is 5.32 Å². The van der Waals surface area contributed by atoms with Gasteiger partial charge >= 0.3 is 0 Å². The SMILES string of the molecule is O=C(Nc1ccc(Oc2ccc(F)cc2)cc1)C1CCCN1C(=O)Cc1cccs1. The number of carbonyl (C=O) groups excluding carboxylic acids is 2. The van der Waals surface area contributed by atoms with Gasteiger partial charge in [-0.25, -0.2) is 4.39 Å². The highest BCUT2D eigenvalue weighted by atomic mass is 32.1. The van der Waals surface area contributed by atoms with Gasteiger partial charge in [-0.3, -0.25) is 9.59 Å². The van der Waals surface area contributed by atoms with Crippen molar-refractivity contribution in [2.75, 3.05) is 11.9 Å². The van der Waals surface area contributed by atoms with Crippen LogP contribution in [0, 0.1) is 5.82 Å². The molecule has 1 aliphatic heterocycles. The maximum Gasteiger partial charge on any atom is 0.247 e. The Labute approximate surface area is 178 Å². The Morgan fingerprint density at radius 1 is 1.07 bits per heavy atom. The maximum atomic E-state index is 13.0. The van der Waals surface area contributed by atoms with Gasteiger partial charge in [0.1, 0.15) is 23.4 Å². The molecule has 1 N–H and O–H groups in total. The van der Waals surface area contributed by atoms with E-state index in [1.807, 2.05) is 17.5 Å². The molecule has 1 unspecified atom stereocenters. The molecule has 1 saturated heterocycles. The fourth-order valence-electron chi connectivity index (χ4n) is 3.47. The topological polar surface area (TPSA) is 58.6 Å². The summed E-state index contributed by atoms with van der Waals surface area (Å²) >= 11 is 1.55. The number of halogens is 1. The number of nitrogens with zero attached hydrogens (tertiary/aromatic N) is 1. The molecule has 4 rings (SSSR count). The van der Waals surface area contributed by atoms with Gasteiger partial charge in [-0.2, -0.15) is 0 Å². The molecule has 154 valence electrons. The minimum atomic E-state index is -0.451. The van der Waals surface area contributed by atoms with Gasteiger partial charge in [0, 0.05) is 17.1 Å². The zero-order chi connectivity index (χ0) is 20.9. The Morgan fingerprint density at radius 3 is 2.43 bits per heavy atom. The normalized spacial score (nSPS) is 15.8. The molecule has 1 aliphatic rings. The van der Waals surface area contributed by atoms with Gasteiger partial charge in [0.05, 0.1) is 6.42 Å². The molecule has 5 nitrogen and oxygen atoms in total. The summed E-state index contributed by atoms with van der Waals surface area (Å²) in [5.74, 6) is 0.583. The van der Waals surface area contributed by atoms with Crippen LogP contribution in [0.15, 0.2) is 66.0 Å².